The summed E-state index contributed by atoms with van der Waals surface area (Å²) in [5.74, 6) is 0.942. The number of piperazine rings is 1. The Bertz CT molecular complexity index is 629. The van der Waals surface area contributed by atoms with Crippen LogP contribution in [0.25, 0.3) is 0 Å². The van der Waals surface area contributed by atoms with E-state index in [9.17, 15) is 9.59 Å². The smallest absolute Gasteiger partial charge is 0.314 e. The maximum atomic E-state index is 12.8. The summed E-state index contributed by atoms with van der Waals surface area (Å²) in [7, 11) is 0. The molecule has 0 spiro atoms. The molecule has 0 aromatic carbocycles. The summed E-state index contributed by atoms with van der Waals surface area (Å²) < 4.78 is 0. The van der Waals surface area contributed by atoms with Crippen molar-refractivity contribution in [2.45, 2.75) is 26.2 Å². The number of anilines is 1. The average Bonchev–Trinajstić information content (AvgIpc) is 2.67. The van der Waals surface area contributed by atoms with Crippen LogP contribution in [0.4, 0.5) is 10.6 Å². The Labute approximate surface area is 148 Å². The van der Waals surface area contributed by atoms with Crippen LogP contribution in [-0.2, 0) is 11.2 Å². The minimum atomic E-state index is -0.433. The normalized spacial score (nSPS) is 21.3. The Kier molecular flexibility index (Phi) is 5.35. The first-order valence-corrected chi connectivity index (χ1v) is 8.97. The Morgan fingerprint density at radius 3 is 2.60 bits per heavy atom. The van der Waals surface area contributed by atoms with E-state index in [1.54, 1.807) is 11.2 Å². The fourth-order valence-corrected chi connectivity index (χ4v) is 3.55. The number of piperidine rings is 1. The highest BCUT2D eigenvalue weighted by atomic mass is 16.2. The summed E-state index contributed by atoms with van der Waals surface area (Å²) in [5.41, 5.74) is 6.38. The summed E-state index contributed by atoms with van der Waals surface area (Å²) in [6.07, 6.45) is 4.15. The van der Waals surface area contributed by atoms with E-state index in [1.165, 1.54) is 0 Å². The van der Waals surface area contributed by atoms with Crippen molar-refractivity contribution < 1.29 is 9.59 Å². The van der Waals surface area contributed by atoms with E-state index in [2.05, 4.69) is 21.8 Å². The number of aromatic nitrogens is 2. The molecule has 1 unspecified atom stereocenters. The van der Waals surface area contributed by atoms with Gasteiger partial charge in [0, 0.05) is 51.0 Å². The molecule has 1 atom stereocenters. The second-order valence-electron chi connectivity index (χ2n) is 6.66. The van der Waals surface area contributed by atoms with E-state index < -0.39 is 6.03 Å². The number of rotatable bonds is 3. The number of hydrogen-bond acceptors (Lipinski definition) is 5. The fraction of sp³-hybridized carbons (Fsp3) is 0.647. The highest BCUT2D eigenvalue weighted by Crippen LogP contribution is 2.21. The number of amides is 3. The van der Waals surface area contributed by atoms with Crippen molar-refractivity contribution in [2.24, 2.45) is 11.7 Å². The van der Waals surface area contributed by atoms with Crippen LogP contribution in [0.1, 0.15) is 25.5 Å². The van der Waals surface area contributed by atoms with Gasteiger partial charge in [-0.05, 0) is 19.3 Å². The van der Waals surface area contributed by atoms with E-state index in [-0.39, 0.29) is 11.8 Å². The van der Waals surface area contributed by atoms with Crippen molar-refractivity contribution >= 4 is 17.8 Å². The van der Waals surface area contributed by atoms with E-state index in [0.717, 1.165) is 43.9 Å². The number of primary amides is 1. The van der Waals surface area contributed by atoms with Crippen LogP contribution < -0.4 is 10.6 Å². The molecule has 0 bridgehead atoms. The van der Waals surface area contributed by atoms with Gasteiger partial charge in [0.1, 0.15) is 12.1 Å². The molecule has 0 saturated carbocycles. The summed E-state index contributed by atoms with van der Waals surface area (Å²) in [6, 6.07) is 1.58. The molecular weight excluding hydrogens is 320 g/mol. The third kappa shape index (κ3) is 4.00. The molecule has 2 aliphatic heterocycles. The fourth-order valence-electron chi connectivity index (χ4n) is 3.55. The largest absolute Gasteiger partial charge is 0.353 e. The molecule has 8 heteroatoms. The average molecular weight is 346 g/mol. The highest BCUT2D eigenvalue weighted by molar-refractivity contribution is 5.81. The molecule has 3 rings (SSSR count). The third-order valence-electron chi connectivity index (χ3n) is 5.07. The van der Waals surface area contributed by atoms with Gasteiger partial charge < -0.3 is 20.4 Å². The Hall–Kier alpha value is -2.38. The number of nitrogens with zero attached hydrogens (tertiary/aromatic N) is 5. The lowest BCUT2D eigenvalue weighted by Crippen LogP contribution is -2.53. The number of aryl methyl sites for hydroxylation is 1. The zero-order valence-electron chi connectivity index (χ0n) is 14.7. The molecule has 1 aromatic rings. The number of carbonyl (C=O) groups excluding carboxylic acids is 2. The van der Waals surface area contributed by atoms with Gasteiger partial charge in [-0.3, -0.25) is 4.79 Å². The van der Waals surface area contributed by atoms with E-state index in [1.807, 2.05) is 11.0 Å². The predicted molar refractivity (Wildman–Crippen MR) is 94.1 cm³/mol. The first-order valence-electron chi connectivity index (χ1n) is 8.97. The maximum Gasteiger partial charge on any atom is 0.314 e. The Morgan fingerprint density at radius 2 is 1.92 bits per heavy atom. The molecule has 3 heterocycles. The van der Waals surface area contributed by atoms with Gasteiger partial charge in [-0.15, -0.1) is 0 Å². The quantitative estimate of drug-likeness (QED) is 0.859. The molecule has 0 aliphatic carbocycles. The van der Waals surface area contributed by atoms with Crippen molar-refractivity contribution in [3.8, 4) is 0 Å². The Balaban J connectivity index is 1.56. The van der Waals surface area contributed by atoms with Crippen molar-refractivity contribution in [3.05, 3.63) is 18.1 Å². The van der Waals surface area contributed by atoms with Crippen LogP contribution in [0.15, 0.2) is 12.4 Å². The lowest BCUT2D eigenvalue weighted by Gasteiger charge is -2.39. The van der Waals surface area contributed by atoms with E-state index in [4.69, 9.17) is 5.73 Å². The molecular formula is C17H26N6O2. The lowest BCUT2D eigenvalue weighted by atomic mass is 9.96. The first-order chi connectivity index (χ1) is 12.1. The minimum Gasteiger partial charge on any atom is -0.353 e. The van der Waals surface area contributed by atoms with Crippen LogP contribution in [0.2, 0.25) is 0 Å². The van der Waals surface area contributed by atoms with Crippen LogP contribution in [0, 0.1) is 5.92 Å². The number of hydrogen-bond donors (Lipinski definition) is 1. The van der Waals surface area contributed by atoms with Gasteiger partial charge in [0.15, 0.2) is 0 Å². The molecule has 25 heavy (non-hydrogen) atoms. The standard InChI is InChI=1S/C17H26N6O2/c1-2-14-10-15(20-12-19-14)21-6-8-22(9-7-21)16(24)13-4-3-5-23(11-13)17(18)25/h10,12-13H,2-9,11H2,1H3,(H2,18,25). The molecule has 1 aromatic heterocycles. The van der Waals surface area contributed by atoms with Gasteiger partial charge in [-0.25, -0.2) is 14.8 Å². The van der Waals surface area contributed by atoms with Crippen molar-refractivity contribution in [1.29, 1.82) is 0 Å². The van der Waals surface area contributed by atoms with Gasteiger partial charge in [0.25, 0.3) is 0 Å². The van der Waals surface area contributed by atoms with Crippen LogP contribution >= 0.6 is 0 Å². The van der Waals surface area contributed by atoms with Gasteiger partial charge in [0.05, 0.1) is 5.92 Å². The second-order valence-corrected chi connectivity index (χ2v) is 6.66. The van der Waals surface area contributed by atoms with Crippen LogP contribution in [0.5, 0.6) is 0 Å². The van der Waals surface area contributed by atoms with Crippen molar-refractivity contribution in [2.75, 3.05) is 44.2 Å². The zero-order valence-corrected chi connectivity index (χ0v) is 14.7. The number of likely N-dealkylation sites (tertiary alicyclic amines) is 1. The minimum absolute atomic E-state index is 0.126. The van der Waals surface area contributed by atoms with Gasteiger partial charge in [-0.2, -0.15) is 0 Å². The van der Waals surface area contributed by atoms with Crippen molar-refractivity contribution in [1.82, 2.24) is 19.8 Å². The first kappa shape index (κ1) is 17.4. The van der Waals surface area contributed by atoms with Crippen LogP contribution in [0.3, 0.4) is 0 Å². The lowest BCUT2D eigenvalue weighted by molar-refractivity contribution is -0.137. The molecule has 2 saturated heterocycles. The summed E-state index contributed by atoms with van der Waals surface area (Å²) in [5, 5.41) is 0. The zero-order chi connectivity index (χ0) is 17.8. The number of urea groups is 1. The second kappa shape index (κ2) is 7.67. The molecule has 2 N–H and O–H groups in total. The van der Waals surface area contributed by atoms with E-state index >= 15 is 0 Å². The summed E-state index contributed by atoms with van der Waals surface area (Å²) >= 11 is 0. The van der Waals surface area contributed by atoms with Gasteiger partial charge in [0.2, 0.25) is 5.91 Å². The number of carbonyl (C=O) groups is 2. The summed E-state index contributed by atoms with van der Waals surface area (Å²) in [4.78, 5) is 38.4. The third-order valence-corrected chi connectivity index (χ3v) is 5.07. The maximum absolute atomic E-state index is 12.8. The summed E-state index contributed by atoms with van der Waals surface area (Å²) in [6.45, 7) is 6.05. The van der Waals surface area contributed by atoms with Gasteiger partial charge >= 0.3 is 6.03 Å². The molecule has 0 radical (unpaired) electrons. The topological polar surface area (TPSA) is 95.7 Å². The molecule has 2 aliphatic rings. The monoisotopic (exact) mass is 346 g/mol. The van der Waals surface area contributed by atoms with Gasteiger partial charge in [-0.1, -0.05) is 6.92 Å². The van der Waals surface area contributed by atoms with E-state index in [0.29, 0.717) is 26.2 Å². The number of nitrogens with two attached hydrogens (primary N) is 1. The molecule has 136 valence electrons. The molecule has 3 amide bonds. The van der Waals surface area contributed by atoms with Crippen molar-refractivity contribution in [3.63, 3.8) is 0 Å². The predicted octanol–water partition coefficient (Wildman–Crippen LogP) is 0.478. The molecule has 8 nitrogen and oxygen atoms in total. The Morgan fingerprint density at radius 1 is 1.16 bits per heavy atom. The molecule has 2 fully saturated rings. The highest BCUT2D eigenvalue weighted by Gasteiger charge is 2.32. The SMILES string of the molecule is CCc1cc(N2CCN(C(=O)C3CCCN(C(N)=O)C3)CC2)ncn1. The van der Waals surface area contributed by atoms with Crippen LogP contribution in [-0.4, -0.2) is 71.0 Å².